The maximum absolute atomic E-state index is 13.6. The molecule has 0 aliphatic heterocycles. The van der Waals surface area contributed by atoms with Gasteiger partial charge < -0.3 is 24.8 Å². The first-order valence-electron chi connectivity index (χ1n) is 9.90. The van der Waals surface area contributed by atoms with E-state index >= 15 is 0 Å². The van der Waals surface area contributed by atoms with Gasteiger partial charge in [0.2, 0.25) is 11.8 Å². The highest BCUT2D eigenvalue weighted by Gasteiger charge is 2.11. The van der Waals surface area contributed by atoms with Gasteiger partial charge in [0, 0.05) is 11.8 Å². The van der Waals surface area contributed by atoms with Crippen molar-refractivity contribution in [3.63, 3.8) is 0 Å². The summed E-state index contributed by atoms with van der Waals surface area (Å²) in [5.41, 5.74) is 0.621. The number of carbonyl (C=O) groups is 2. The summed E-state index contributed by atoms with van der Waals surface area (Å²) in [6.07, 6.45) is 0. The van der Waals surface area contributed by atoms with Gasteiger partial charge in [-0.15, -0.1) is 11.8 Å². The Morgan fingerprint density at radius 1 is 0.818 bits per heavy atom. The van der Waals surface area contributed by atoms with Crippen LogP contribution in [0.3, 0.4) is 0 Å². The minimum atomic E-state index is -0.513. The lowest BCUT2D eigenvalue weighted by Gasteiger charge is -2.13. The Hall–Kier alpha value is -3.72. The first-order valence-corrected chi connectivity index (χ1v) is 11.1. The molecule has 0 radical (unpaired) electrons. The first-order chi connectivity index (χ1) is 16.0. The van der Waals surface area contributed by atoms with E-state index in [1.54, 1.807) is 55.6 Å². The number of benzene rings is 3. The van der Waals surface area contributed by atoms with E-state index in [0.29, 0.717) is 28.7 Å². The summed E-state index contributed by atoms with van der Waals surface area (Å²) in [7, 11) is 3.11. The quantitative estimate of drug-likeness (QED) is 0.436. The maximum atomic E-state index is 13.6. The van der Waals surface area contributed by atoms with E-state index in [1.807, 2.05) is 0 Å². The Kier molecular flexibility index (Phi) is 8.54. The van der Waals surface area contributed by atoms with Gasteiger partial charge in [0.15, 0.2) is 11.5 Å². The average Bonchev–Trinajstić information content (AvgIpc) is 2.81. The minimum absolute atomic E-state index is 0.0101. The summed E-state index contributed by atoms with van der Waals surface area (Å²) >= 11 is 1.12. The second kappa shape index (κ2) is 11.8. The van der Waals surface area contributed by atoms with Crippen LogP contribution >= 0.6 is 11.8 Å². The number of para-hydroxylation sites is 1. The van der Waals surface area contributed by atoms with E-state index < -0.39 is 11.7 Å². The predicted molar refractivity (Wildman–Crippen MR) is 127 cm³/mol. The lowest BCUT2D eigenvalue weighted by Crippen LogP contribution is -2.18. The number of hydrogen-bond acceptors (Lipinski definition) is 6. The van der Waals surface area contributed by atoms with Gasteiger partial charge >= 0.3 is 0 Å². The fourth-order valence-corrected chi connectivity index (χ4v) is 3.40. The van der Waals surface area contributed by atoms with Gasteiger partial charge in [0.05, 0.1) is 31.4 Å². The summed E-state index contributed by atoms with van der Waals surface area (Å²) in [6.45, 7) is 0. The Bertz CT molecular complexity index is 1110. The fraction of sp³-hybridized carbons (Fsp3) is 0.167. The van der Waals surface area contributed by atoms with Crippen molar-refractivity contribution >= 4 is 35.0 Å². The molecule has 3 aromatic carbocycles. The van der Waals surface area contributed by atoms with Crippen LogP contribution in [0.15, 0.2) is 66.7 Å². The zero-order chi connectivity index (χ0) is 23.6. The molecule has 0 bridgehead atoms. The van der Waals surface area contributed by atoms with Crippen LogP contribution in [0, 0.1) is 5.82 Å². The molecule has 3 aromatic rings. The molecule has 0 heterocycles. The molecule has 0 atom stereocenters. The molecular weight excluding hydrogens is 447 g/mol. The standard InChI is InChI=1S/C24H23FN2O5S/c1-30-17-8-10-18(11-9-17)32-22-13-16(7-12-21(22)31-2)26-23(28)14-33-15-24(29)27-20-6-4-3-5-19(20)25/h3-13H,14-15H2,1-2H3,(H,26,28)(H,27,29). The topological polar surface area (TPSA) is 85.9 Å². The van der Waals surface area contributed by atoms with Crippen molar-refractivity contribution in [2.45, 2.75) is 0 Å². The summed E-state index contributed by atoms with van der Waals surface area (Å²) in [5.74, 6) is 1.07. The number of hydrogen-bond donors (Lipinski definition) is 2. The lowest BCUT2D eigenvalue weighted by atomic mass is 10.2. The molecule has 2 amide bonds. The lowest BCUT2D eigenvalue weighted by molar-refractivity contribution is -0.114. The number of rotatable bonds is 10. The van der Waals surface area contributed by atoms with Crippen molar-refractivity contribution in [1.82, 2.24) is 0 Å². The molecule has 0 saturated heterocycles. The van der Waals surface area contributed by atoms with Gasteiger partial charge in [-0.3, -0.25) is 9.59 Å². The van der Waals surface area contributed by atoms with Crippen LogP contribution in [-0.4, -0.2) is 37.5 Å². The van der Waals surface area contributed by atoms with E-state index in [2.05, 4.69) is 10.6 Å². The molecule has 2 N–H and O–H groups in total. The number of amides is 2. The number of halogens is 1. The second-order valence-electron chi connectivity index (χ2n) is 6.71. The average molecular weight is 471 g/mol. The van der Waals surface area contributed by atoms with E-state index in [1.165, 1.54) is 25.3 Å². The first kappa shape index (κ1) is 23.9. The van der Waals surface area contributed by atoms with Crippen LogP contribution in [0.4, 0.5) is 15.8 Å². The summed E-state index contributed by atoms with van der Waals surface area (Å²) in [6, 6.07) is 18.0. The molecule has 0 spiro atoms. The van der Waals surface area contributed by atoms with Gasteiger partial charge in [0.25, 0.3) is 0 Å². The van der Waals surface area contributed by atoms with Crippen molar-refractivity contribution in [1.29, 1.82) is 0 Å². The van der Waals surface area contributed by atoms with Crippen molar-refractivity contribution < 1.29 is 28.2 Å². The summed E-state index contributed by atoms with van der Waals surface area (Å²) in [5, 5.41) is 5.24. The Morgan fingerprint density at radius 3 is 2.15 bits per heavy atom. The molecule has 0 fully saturated rings. The van der Waals surface area contributed by atoms with E-state index in [0.717, 1.165) is 11.8 Å². The molecule has 0 aliphatic carbocycles. The molecule has 33 heavy (non-hydrogen) atoms. The summed E-state index contributed by atoms with van der Waals surface area (Å²) < 4.78 is 29.9. The molecule has 172 valence electrons. The normalized spacial score (nSPS) is 10.3. The highest BCUT2D eigenvalue weighted by Crippen LogP contribution is 2.34. The number of anilines is 2. The molecular formula is C24H23FN2O5S. The van der Waals surface area contributed by atoms with Gasteiger partial charge in [-0.05, 0) is 48.5 Å². The predicted octanol–water partition coefficient (Wildman–Crippen LogP) is 4.95. The van der Waals surface area contributed by atoms with Crippen molar-refractivity contribution in [2.75, 3.05) is 36.4 Å². The summed E-state index contributed by atoms with van der Waals surface area (Å²) in [4.78, 5) is 24.3. The fourth-order valence-electron chi connectivity index (χ4n) is 2.79. The number of ether oxygens (including phenoxy) is 3. The van der Waals surface area contributed by atoms with E-state index in [9.17, 15) is 14.0 Å². The van der Waals surface area contributed by atoms with Crippen LogP contribution in [0.2, 0.25) is 0 Å². The number of carbonyl (C=O) groups excluding carboxylic acids is 2. The molecule has 0 aliphatic rings. The Balaban J connectivity index is 1.53. The van der Waals surface area contributed by atoms with Crippen LogP contribution in [0.5, 0.6) is 23.0 Å². The largest absolute Gasteiger partial charge is 0.497 e. The molecule has 9 heteroatoms. The zero-order valence-corrected chi connectivity index (χ0v) is 18.9. The van der Waals surface area contributed by atoms with Crippen molar-refractivity contribution in [2.24, 2.45) is 0 Å². The highest BCUT2D eigenvalue weighted by molar-refractivity contribution is 8.00. The van der Waals surface area contributed by atoms with Crippen LogP contribution in [0.25, 0.3) is 0 Å². The third-order valence-electron chi connectivity index (χ3n) is 4.35. The maximum Gasteiger partial charge on any atom is 0.234 e. The monoisotopic (exact) mass is 470 g/mol. The SMILES string of the molecule is COc1ccc(Oc2cc(NC(=O)CSCC(=O)Nc3ccccc3F)ccc2OC)cc1. The Labute approximate surface area is 195 Å². The van der Waals surface area contributed by atoms with Crippen LogP contribution in [0.1, 0.15) is 0 Å². The highest BCUT2D eigenvalue weighted by atomic mass is 32.2. The third kappa shape index (κ3) is 7.15. The molecule has 0 unspecified atom stereocenters. The number of nitrogens with one attached hydrogen (secondary N) is 2. The van der Waals surface area contributed by atoms with E-state index in [-0.39, 0.29) is 23.1 Å². The van der Waals surface area contributed by atoms with Crippen LogP contribution in [-0.2, 0) is 9.59 Å². The minimum Gasteiger partial charge on any atom is -0.497 e. The Morgan fingerprint density at radius 2 is 1.48 bits per heavy atom. The van der Waals surface area contributed by atoms with Crippen molar-refractivity contribution in [3.8, 4) is 23.0 Å². The van der Waals surface area contributed by atoms with Gasteiger partial charge in [-0.25, -0.2) is 4.39 Å². The second-order valence-corrected chi connectivity index (χ2v) is 7.70. The number of methoxy groups -OCH3 is 2. The smallest absolute Gasteiger partial charge is 0.234 e. The molecule has 7 nitrogen and oxygen atoms in total. The van der Waals surface area contributed by atoms with Crippen LogP contribution < -0.4 is 24.8 Å². The van der Waals surface area contributed by atoms with E-state index in [4.69, 9.17) is 14.2 Å². The van der Waals surface area contributed by atoms with Crippen molar-refractivity contribution in [3.05, 3.63) is 72.5 Å². The molecule has 3 rings (SSSR count). The molecule has 0 aromatic heterocycles. The van der Waals surface area contributed by atoms with Gasteiger partial charge in [-0.1, -0.05) is 12.1 Å². The third-order valence-corrected chi connectivity index (χ3v) is 5.28. The molecule has 0 saturated carbocycles. The number of thioether (sulfide) groups is 1. The van der Waals surface area contributed by atoms with Gasteiger partial charge in [0.1, 0.15) is 17.3 Å². The van der Waals surface area contributed by atoms with Gasteiger partial charge in [-0.2, -0.15) is 0 Å². The zero-order valence-electron chi connectivity index (χ0n) is 18.1.